The number of carbonyl (C=O) groups is 2. The molecular weight excluding hydrogens is 517 g/mol. The molecule has 5 rings (SSSR count). The highest BCUT2D eigenvalue weighted by molar-refractivity contribution is 7.88. The van der Waals surface area contributed by atoms with Crippen LogP contribution in [0.2, 0.25) is 0 Å². The first-order valence-corrected chi connectivity index (χ1v) is 15.3. The van der Waals surface area contributed by atoms with E-state index in [1.165, 1.54) is 22.7 Å². The first-order chi connectivity index (χ1) is 18.7. The third-order valence-electron chi connectivity index (χ3n) is 7.92. The van der Waals surface area contributed by atoms with Gasteiger partial charge in [0.2, 0.25) is 15.9 Å². The summed E-state index contributed by atoms with van der Waals surface area (Å²) in [7, 11) is -3.31. The van der Waals surface area contributed by atoms with Crippen molar-refractivity contribution in [3.05, 3.63) is 83.7 Å². The second-order valence-electron chi connectivity index (χ2n) is 10.7. The van der Waals surface area contributed by atoms with Crippen LogP contribution in [0.15, 0.2) is 66.7 Å². The van der Waals surface area contributed by atoms with Crippen molar-refractivity contribution in [2.75, 3.05) is 32.4 Å². The van der Waals surface area contributed by atoms with Gasteiger partial charge in [0.05, 0.1) is 6.26 Å². The maximum absolute atomic E-state index is 13.6. The number of benzene rings is 3. The number of halogens is 1. The minimum absolute atomic E-state index is 0.178. The Kier molecular flexibility index (Phi) is 8.00. The zero-order chi connectivity index (χ0) is 27.6. The van der Waals surface area contributed by atoms with Crippen molar-refractivity contribution in [1.29, 1.82) is 0 Å². The number of amides is 2. The van der Waals surface area contributed by atoms with Gasteiger partial charge in [-0.3, -0.25) is 9.59 Å². The van der Waals surface area contributed by atoms with Gasteiger partial charge in [0.25, 0.3) is 5.91 Å². The van der Waals surface area contributed by atoms with E-state index in [0.717, 1.165) is 35.6 Å². The second kappa shape index (κ2) is 11.4. The summed E-state index contributed by atoms with van der Waals surface area (Å²) in [6, 6.07) is 19.3. The van der Waals surface area contributed by atoms with E-state index in [4.69, 9.17) is 0 Å². The molecule has 1 heterocycles. The van der Waals surface area contributed by atoms with Crippen LogP contribution in [0.25, 0.3) is 10.8 Å². The number of sulfonamides is 1. The van der Waals surface area contributed by atoms with Crippen molar-refractivity contribution in [2.45, 2.75) is 37.6 Å². The molecule has 7 nitrogen and oxygen atoms in total. The van der Waals surface area contributed by atoms with Gasteiger partial charge in [-0.05, 0) is 71.7 Å². The molecule has 3 aromatic rings. The van der Waals surface area contributed by atoms with Gasteiger partial charge >= 0.3 is 0 Å². The summed E-state index contributed by atoms with van der Waals surface area (Å²) in [5.41, 5.74) is 1.63. The number of hydrogen-bond acceptors (Lipinski definition) is 4. The van der Waals surface area contributed by atoms with E-state index in [0.29, 0.717) is 36.9 Å². The molecule has 1 aliphatic heterocycles. The summed E-state index contributed by atoms with van der Waals surface area (Å²) in [6.45, 7) is 1.09. The standard InChI is InChI=1S/C30H34FN3O4S/c1-39(37,38)34-17-15-33(16-18-34)30(36)28(8-4-7-24-20-27(24)22-11-13-26(31)14-12-22)32-29(35)25-10-9-21-5-2-3-6-23(21)19-25/h2-3,5-6,9-14,19,24,27-28H,4,7-8,15-18,20H2,1H3,(H,32,35)/t24-,27+,28+/m1/s1. The normalized spacial score (nSPS) is 20.5. The molecule has 0 bridgehead atoms. The van der Waals surface area contributed by atoms with Gasteiger partial charge < -0.3 is 10.2 Å². The molecular formula is C30H34FN3O4S. The topological polar surface area (TPSA) is 86.8 Å². The van der Waals surface area contributed by atoms with Gasteiger partial charge in [-0.15, -0.1) is 0 Å². The highest BCUT2D eigenvalue weighted by Crippen LogP contribution is 2.50. The molecule has 1 saturated heterocycles. The maximum atomic E-state index is 13.6. The smallest absolute Gasteiger partial charge is 0.251 e. The Morgan fingerprint density at radius 1 is 0.974 bits per heavy atom. The molecule has 0 spiro atoms. The molecule has 0 radical (unpaired) electrons. The zero-order valence-corrected chi connectivity index (χ0v) is 22.9. The van der Waals surface area contributed by atoms with Crippen molar-refractivity contribution in [3.63, 3.8) is 0 Å². The summed E-state index contributed by atoms with van der Waals surface area (Å²) in [6.07, 6.45) is 4.39. The van der Waals surface area contributed by atoms with Crippen LogP contribution in [0.3, 0.4) is 0 Å². The number of fused-ring (bicyclic) bond motifs is 1. The lowest BCUT2D eigenvalue weighted by Crippen LogP contribution is -2.55. The Morgan fingerprint density at radius 2 is 1.67 bits per heavy atom. The van der Waals surface area contributed by atoms with Gasteiger partial charge in [0, 0.05) is 31.7 Å². The highest BCUT2D eigenvalue weighted by Gasteiger charge is 2.38. The van der Waals surface area contributed by atoms with Crippen molar-refractivity contribution in [2.24, 2.45) is 5.92 Å². The first kappa shape index (κ1) is 27.3. The van der Waals surface area contributed by atoms with Gasteiger partial charge in [0.15, 0.2) is 0 Å². The summed E-state index contributed by atoms with van der Waals surface area (Å²) in [5, 5.41) is 4.96. The molecule has 2 fully saturated rings. The van der Waals surface area contributed by atoms with Crippen LogP contribution in [0, 0.1) is 11.7 Å². The lowest BCUT2D eigenvalue weighted by molar-refractivity contribution is -0.134. The van der Waals surface area contributed by atoms with Crippen LogP contribution in [-0.4, -0.2) is 67.9 Å². The molecule has 1 aliphatic carbocycles. The minimum atomic E-state index is -3.31. The molecule has 206 valence electrons. The summed E-state index contributed by atoms with van der Waals surface area (Å²) in [4.78, 5) is 28.5. The maximum Gasteiger partial charge on any atom is 0.251 e. The van der Waals surface area contributed by atoms with E-state index in [1.54, 1.807) is 11.0 Å². The van der Waals surface area contributed by atoms with Crippen molar-refractivity contribution < 1.29 is 22.4 Å². The Hall–Kier alpha value is -3.30. The van der Waals surface area contributed by atoms with Crippen molar-refractivity contribution in [3.8, 4) is 0 Å². The molecule has 1 saturated carbocycles. The number of rotatable bonds is 9. The predicted octanol–water partition coefficient (Wildman–Crippen LogP) is 4.16. The van der Waals surface area contributed by atoms with E-state index in [1.807, 2.05) is 48.5 Å². The number of carbonyl (C=O) groups excluding carboxylic acids is 2. The molecule has 3 aromatic carbocycles. The number of nitrogens with zero attached hydrogens (tertiary/aromatic N) is 2. The van der Waals surface area contributed by atoms with Crippen LogP contribution in [-0.2, 0) is 14.8 Å². The minimum Gasteiger partial charge on any atom is -0.340 e. The van der Waals surface area contributed by atoms with Gasteiger partial charge in [0.1, 0.15) is 11.9 Å². The van der Waals surface area contributed by atoms with Crippen molar-refractivity contribution in [1.82, 2.24) is 14.5 Å². The fourth-order valence-electron chi connectivity index (χ4n) is 5.56. The number of piperazine rings is 1. The fourth-order valence-corrected chi connectivity index (χ4v) is 6.39. The van der Waals surface area contributed by atoms with E-state index < -0.39 is 16.1 Å². The van der Waals surface area contributed by atoms with E-state index in [9.17, 15) is 22.4 Å². The van der Waals surface area contributed by atoms with Gasteiger partial charge in [-0.1, -0.05) is 48.9 Å². The lowest BCUT2D eigenvalue weighted by atomic mass is 10.0. The number of hydrogen-bond donors (Lipinski definition) is 1. The summed E-state index contributed by atoms with van der Waals surface area (Å²) >= 11 is 0. The van der Waals surface area contributed by atoms with Crippen LogP contribution >= 0.6 is 0 Å². The van der Waals surface area contributed by atoms with E-state index >= 15 is 0 Å². The quantitative estimate of drug-likeness (QED) is 0.433. The van der Waals surface area contributed by atoms with Crippen LogP contribution in [0.1, 0.15) is 47.5 Å². The zero-order valence-electron chi connectivity index (χ0n) is 22.1. The predicted molar refractivity (Wildman–Crippen MR) is 149 cm³/mol. The molecule has 0 aromatic heterocycles. The average Bonchev–Trinajstić information content (AvgIpc) is 3.71. The Labute approximate surface area is 229 Å². The van der Waals surface area contributed by atoms with Crippen LogP contribution < -0.4 is 5.32 Å². The Morgan fingerprint density at radius 3 is 2.36 bits per heavy atom. The SMILES string of the molecule is CS(=O)(=O)N1CCN(C(=O)[C@H](CCC[C@@H]2C[C@H]2c2ccc(F)cc2)NC(=O)c2ccc3ccccc3c2)CC1. The highest BCUT2D eigenvalue weighted by atomic mass is 32.2. The molecule has 2 aliphatic rings. The molecule has 2 amide bonds. The second-order valence-corrected chi connectivity index (χ2v) is 12.6. The monoisotopic (exact) mass is 551 g/mol. The third kappa shape index (κ3) is 6.65. The summed E-state index contributed by atoms with van der Waals surface area (Å²) in [5.74, 6) is 0.182. The van der Waals surface area contributed by atoms with E-state index in [-0.39, 0.29) is 30.7 Å². The van der Waals surface area contributed by atoms with Crippen molar-refractivity contribution >= 4 is 32.6 Å². The van der Waals surface area contributed by atoms with Crippen LogP contribution in [0.5, 0.6) is 0 Å². The van der Waals surface area contributed by atoms with Gasteiger partial charge in [-0.2, -0.15) is 4.31 Å². The summed E-state index contributed by atoms with van der Waals surface area (Å²) < 4.78 is 38.4. The van der Waals surface area contributed by atoms with Crippen LogP contribution in [0.4, 0.5) is 4.39 Å². The Balaban J connectivity index is 1.24. The largest absolute Gasteiger partial charge is 0.340 e. The third-order valence-corrected chi connectivity index (χ3v) is 9.23. The first-order valence-electron chi connectivity index (χ1n) is 13.5. The lowest BCUT2D eigenvalue weighted by Gasteiger charge is -2.35. The molecule has 9 heteroatoms. The molecule has 0 unspecified atom stereocenters. The Bertz CT molecular complexity index is 1450. The average molecular weight is 552 g/mol. The molecule has 3 atom stereocenters. The van der Waals surface area contributed by atoms with Gasteiger partial charge in [-0.25, -0.2) is 12.8 Å². The molecule has 1 N–H and O–H groups in total. The molecule has 39 heavy (non-hydrogen) atoms. The number of nitrogens with one attached hydrogen (secondary N) is 1. The van der Waals surface area contributed by atoms with E-state index in [2.05, 4.69) is 5.32 Å². The fraction of sp³-hybridized carbons (Fsp3) is 0.400.